The van der Waals surface area contributed by atoms with Crippen molar-refractivity contribution in [2.75, 3.05) is 6.61 Å². The van der Waals surface area contributed by atoms with Gasteiger partial charge in [-0.05, 0) is 55.2 Å². The third kappa shape index (κ3) is 4.73. The summed E-state index contributed by atoms with van der Waals surface area (Å²) >= 11 is 5.94. The van der Waals surface area contributed by atoms with Crippen LogP contribution in [-0.4, -0.2) is 35.5 Å². The Hall–Kier alpha value is -2.26. The van der Waals surface area contributed by atoms with E-state index in [4.69, 9.17) is 16.0 Å². The van der Waals surface area contributed by atoms with Crippen molar-refractivity contribution >= 4 is 21.6 Å². The first-order valence-corrected chi connectivity index (χ1v) is 12.3. The average Bonchev–Trinajstić information content (AvgIpc) is 3.33. The van der Waals surface area contributed by atoms with Crippen LogP contribution in [0.5, 0.6) is 0 Å². The van der Waals surface area contributed by atoms with Crippen LogP contribution in [0.25, 0.3) is 11.5 Å². The van der Waals surface area contributed by atoms with Crippen LogP contribution >= 0.6 is 11.6 Å². The SMILES string of the molecule is O=S(=O)(c1ccc(Cl)cc1)N(Cc1ccc(-c2ncco2)cc1F)C1CCCCC1CO. The minimum Gasteiger partial charge on any atom is -0.445 e. The molecule has 2 unspecified atom stereocenters. The Labute approximate surface area is 191 Å². The van der Waals surface area contributed by atoms with E-state index in [0.717, 1.165) is 19.3 Å². The lowest BCUT2D eigenvalue weighted by molar-refractivity contribution is 0.109. The number of hydrogen-bond acceptors (Lipinski definition) is 5. The van der Waals surface area contributed by atoms with E-state index >= 15 is 4.39 Å². The molecule has 170 valence electrons. The molecule has 3 aromatic rings. The van der Waals surface area contributed by atoms with Crippen molar-refractivity contribution in [3.63, 3.8) is 0 Å². The standard InChI is InChI=1S/C23H24ClFN2O4S/c24-19-7-9-20(10-8-19)32(29,30)27(22-4-2-1-3-18(22)15-28)14-17-6-5-16(13-21(17)25)23-26-11-12-31-23/h5-13,18,22,28H,1-4,14-15H2. The van der Waals surface area contributed by atoms with Crippen LogP contribution in [0.3, 0.4) is 0 Å². The first-order chi connectivity index (χ1) is 15.4. The molecular weight excluding hydrogens is 455 g/mol. The van der Waals surface area contributed by atoms with Crippen molar-refractivity contribution in [2.24, 2.45) is 5.92 Å². The van der Waals surface area contributed by atoms with Gasteiger partial charge in [-0.15, -0.1) is 0 Å². The summed E-state index contributed by atoms with van der Waals surface area (Å²) in [5.74, 6) is -0.470. The molecule has 1 aromatic heterocycles. The van der Waals surface area contributed by atoms with Crippen LogP contribution in [0.1, 0.15) is 31.2 Å². The number of sulfonamides is 1. The Kier molecular flexibility index (Phi) is 6.95. The van der Waals surface area contributed by atoms with Crippen molar-refractivity contribution in [1.29, 1.82) is 0 Å². The molecule has 0 spiro atoms. The monoisotopic (exact) mass is 478 g/mol. The van der Waals surface area contributed by atoms with E-state index in [0.29, 0.717) is 17.0 Å². The zero-order valence-electron chi connectivity index (χ0n) is 17.3. The fourth-order valence-corrected chi connectivity index (χ4v) is 6.06. The van der Waals surface area contributed by atoms with Gasteiger partial charge in [0, 0.05) is 35.3 Å². The highest BCUT2D eigenvalue weighted by Gasteiger charge is 2.37. The topological polar surface area (TPSA) is 83.6 Å². The number of halogens is 2. The molecule has 0 amide bonds. The predicted octanol–water partition coefficient (Wildman–Crippen LogP) is 4.88. The Morgan fingerprint density at radius 3 is 2.56 bits per heavy atom. The summed E-state index contributed by atoms with van der Waals surface area (Å²) in [6.07, 6.45) is 5.97. The Morgan fingerprint density at radius 2 is 1.91 bits per heavy atom. The maximum Gasteiger partial charge on any atom is 0.243 e. The van der Waals surface area contributed by atoms with E-state index in [2.05, 4.69) is 4.98 Å². The number of aromatic nitrogens is 1. The summed E-state index contributed by atoms with van der Waals surface area (Å²) in [6.45, 7) is -0.271. The smallest absolute Gasteiger partial charge is 0.243 e. The lowest BCUT2D eigenvalue weighted by Crippen LogP contribution is -2.46. The molecule has 4 rings (SSSR count). The van der Waals surface area contributed by atoms with Gasteiger partial charge in [0.1, 0.15) is 12.1 Å². The lowest BCUT2D eigenvalue weighted by Gasteiger charge is -2.38. The molecule has 1 fully saturated rings. The van der Waals surface area contributed by atoms with Crippen molar-refractivity contribution in [3.8, 4) is 11.5 Å². The van der Waals surface area contributed by atoms with Gasteiger partial charge >= 0.3 is 0 Å². The van der Waals surface area contributed by atoms with Crippen LogP contribution < -0.4 is 0 Å². The van der Waals surface area contributed by atoms with Crippen LogP contribution in [0.2, 0.25) is 5.02 Å². The average molecular weight is 479 g/mol. The van der Waals surface area contributed by atoms with Crippen LogP contribution in [0.15, 0.2) is 64.2 Å². The van der Waals surface area contributed by atoms with Gasteiger partial charge in [-0.25, -0.2) is 17.8 Å². The molecule has 32 heavy (non-hydrogen) atoms. The lowest BCUT2D eigenvalue weighted by atomic mass is 9.85. The molecule has 1 aliphatic carbocycles. The van der Waals surface area contributed by atoms with Crippen LogP contribution in [-0.2, 0) is 16.6 Å². The molecule has 0 radical (unpaired) electrons. The number of benzene rings is 2. The summed E-state index contributed by atoms with van der Waals surface area (Å²) in [7, 11) is -3.96. The molecule has 6 nitrogen and oxygen atoms in total. The van der Waals surface area contributed by atoms with Crippen molar-refractivity contribution in [3.05, 3.63) is 71.3 Å². The van der Waals surface area contributed by atoms with E-state index in [1.165, 1.54) is 47.1 Å². The first kappa shape index (κ1) is 22.9. The van der Waals surface area contributed by atoms with Crippen LogP contribution in [0, 0.1) is 11.7 Å². The molecule has 2 aromatic carbocycles. The second-order valence-electron chi connectivity index (χ2n) is 7.94. The molecule has 1 saturated carbocycles. The predicted molar refractivity (Wildman–Crippen MR) is 119 cm³/mol. The minimum absolute atomic E-state index is 0.0842. The molecular formula is C23H24ClFN2O4S. The highest BCUT2D eigenvalue weighted by atomic mass is 35.5. The van der Waals surface area contributed by atoms with E-state index < -0.39 is 21.9 Å². The van der Waals surface area contributed by atoms with Gasteiger partial charge in [-0.1, -0.05) is 30.5 Å². The molecule has 1 N–H and O–H groups in total. The third-order valence-electron chi connectivity index (χ3n) is 5.95. The molecule has 1 heterocycles. The van der Waals surface area contributed by atoms with Gasteiger partial charge < -0.3 is 9.52 Å². The Balaban J connectivity index is 1.72. The second-order valence-corrected chi connectivity index (χ2v) is 10.3. The van der Waals surface area contributed by atoms with E-state index in [9.17, 15) is 13.5 Å². The fourth-order valence-electron chi connectivity index (χ4n) is 4.25. The van der Waals surface area contributed by atoms with E-state index in [-0.39, 0.29) is 35.4 Å². The molecule has 0 aliphatic heterocycles. The second kappa shape index (κ2) is 9.70. The molecule has 0 saturated heterocycles. The molecule has 1 aliphatic rings. The zero-order valence-corrected chi connectivity index (χ0v) is 18.9. The number of aliphatic hydroxyl groups excluding tert-OH is 1. The quantitative estimate of drug-likeness (QED) is 0.523. The van der Waals surface area contributed by atoms with Gasteiger partial charge in [0.15, 0.2) is 0 Å². The number of aliphatic hydroxyl groups is 1. The highest BCUT2D eigenvalue weighted by molar-refractivity contribution is 7.89. The molecule has 2 atom stereocenters. The third-order valence-corrected chi connectivity index (χ3v) is 8.09. The summed E-state index contributed by atoms with van der Waals surface area (Å²) in [4.78, 5) is 4.10. The normalized spacial score (nSPS) is 19.4. The largest absolute Gasteiger partial charge is 0.445 e. The van der Waals surface area contributed by atoms with Crippen LogP contribution in [0.4, 0.5) is 4.39 Å². The highest BCUT2D eigenvalue weighted by Crippen LogP contribution is 2.34. The van der Waals surface area contributed by atoms with Crippen molar-refractivity contribution in [2.45, 2.75) is 43.2 Å². The number of oxazole rings is 1. The summed E-state index contributed by atoms with van der Waals surface area (Å²) in [5.41, 5.74) is 0.703. The summed E-state index contributed by atoms with van der Waals surface area (Å²) < 4.78 is 48.8. The maximum atomic E-state index is 15.0. The maximum absolute atomic E-state index is 15.0. The number of rotatable bonds is 7. The van der Waals surface area contributed by atoms with E-state index in [1.54, 1.807) is 12.1 Å². The van der Waals surface area contributed by atoms with Gasteiger partial charge in [-0.3, -0.25) is 0 Å². The van der Waals surface area contributed by atoms with E-state index in [1.807, 2.05) is 0 Å². The Morgan fingerprint density at radius 1 is 1.16 bits per heavy atom. The summed E-state index contributed by atoms with van der Waals surface area (Å²) in [6, 6.07) is 10.00. The molecule has 9 heteroatoms. The van der Waals surface area contributed by atoms with Crippen molar-refractivity contribution < 1.29 is 22.3 Å². The van der Waals surface area contributed by atoms with Gasteiger partial charge in [0.25, 0.3) is 0 Å². The van der Waals surface area contributed by atoms with Gasteiger partial charge in [0.2, 0.25) is 15.9 Å². The fraction of sp³-hybridized carbons (Fsp3) is 0.348. The number of nitrogens with zero attached hydrogens (tertiary/aromatic N) is 2. The minimum atomic E-state index is -3.96. The number of hydrogen-bond donors (Lipinski definition) is 1. The Bertz CT molecular complexity index is 1150. The van der Waals surface area contributed by atoms with Crippen molar-refractivity contribution in [1.82, 2.24) is 9.29 Å². The van der Waals surface area contributed by atoms with Gasteiger partial charge in [-0.2, -0.15) is 4.31 Å². The molecule has 0 bridgehead atoms. The zero-order chi connectivity index (χ0) is 22.7. The first-order valence-electron chi connectivity index (χ1n) is 10.5. The van der Waals surface area contributed by atoms with Gasteiger partial charge in [0.05, 0.1) is 11.1 Å². The summed E-state index contributed by atoms with van der Waals surface area (Å²) in [5, 5.41) is 10.3.